The summed E-state index contributed by atoms with van der Waals surface area (Å²) in [4.78, 5) is 32.0. The molecule has 2 atom stereocenters. The number of anilines is 1. The summed E-state index contributed by atoms with van der Waals surface area (Å²) in [7, 11) is 1.23. The molecule has 2 unspecified atom stereocenters. The molecule has 12 heteroatoms. The Morgan fingerprint density at radius 2 is 1.84 bits per heavy atom. The van der Waals surface area contributed by atoms with E-state index in [1.54, 1.807) is 37.3 Å². The Bertz CT molecular complexity index is 1220. The normalized spacial score (nSPS) is 23.6. The van der Waals surface area contributed by atoms with Crippen LogP contribution in [0, 0.1) is 5.92 Å². The van der Waals surface area contributed by atoms with Crippen LogP contribution in [0.5, 0.6) is 0 Å². The largest absolute Gasteiger partial charge is 0.366 e. The molecule has 206 valence electrons. The first-order valence-electron chi connectivity index (χ1n) is 12.5. The van der Waals surface area contributed by atoms with Crippen LogP contribution in [0.25, 0.3) is 0 Å². The Morgan fingerprint density at radius 1 is 1.13 bits per heavy atom. The molecular weight excluding hydrogens is 577 g/mol. The quantitative estimate of drug-likeness (QED) is 0.265. The van der Waals surface area contributed by atoms with Crippen molar-refractivity contribution < 1.29 is 31.2 Å². The Hall–Kier alpha value is -2.17. The summed E-state index contributed by atoms with van der Waals surface area (Å²) in [5.41, 5.74) is 7.03. The summed E-state index contributed by atoms with van der Waals surface area (Å²) in [6.45, 7) is 4.70. The third kappa shape index (κ3) is 6.51. The van der Waals surface area contributed by atoms with Gasteiger partial charge in [-0.25, -0.2) is 0 Å². The molecule has 2 aromatic rings. The fourth-order valence-electron chi connectivity index (χ4n) is 5.33. The zero-order valence-corrected chi connectivity index (χ0v) is 24.0. The van der Waals surface area contributed by atoms with Gasteiger partial charge in [0.05, 0.1) is 0 Å². The second-order valence-electron chi connectivity index (χ2n) is 9.81. The van der Waals surface area contributed by atoms with Crippen molar-refractivity contribution >= 4 is 47.6 Å². The van der Waals surface area contributed by atoms with Crippen LogP contribution in [0.3, 0.4) is 0 Å². The van der Waals surface area contributed by atoms with Gasteiger partial charge in [0.25, 0.3) is 0 Å². The second-order valence-corrected chi connectivity index (χ2v) is 14.0. The second kappa shape index (κ2) is 12.3. The monoisotopic (exact) mass is 609 g/mol. The fourth-order valence-corrected chi connectivity index (χ4v) is 8.07. The van der Waals surface area contributed by atoms with Gasteiger partial charge in [0.2, 0.25) is 5.91 Å². The molecule has 0 spiro atoms. The van der Waals surface area contributed by atoms with E-state index in [1.807, 2.05) is 11.0 Å². The molecule has 1 aliphatic carbocycles. The number of hydrogen-bond donors (Lipinski definition) is 2. The zero-order valence-electron chi connectivity index (χ0n) is 21.4. The van der Waals surface area contributed by atoms with Gasteiger partial charge in [0.1, 0.15) is 0 Å². The van der Waals surface area contributed by atoms with E-state index in [0.29, 0.717) is 20.9 Å². The van der Waals surface area contributed by atoms with Crippen LogP contribution in [-0.2, 0) is 21.2 Å². The minimum atomic E-state index is -4.73. The van der Waals surface area contributed by atoms with Crippen molar-refractivity contribution in [1.82, 2.24) is 4.90 Å². The van der Waals surface area contributed by atoms with Gasteiger partial charge >= 0.3 is 167 Å². The molecule has 2 aromatic carbocycles. The standard InChI is InChI=1S/C19H27AsN2O6.C7H6ClNO/c1-13(23)22(19-12-21-9-7-15(19)8-10-21)16-5-6-18(17(11-16)14-3-4-14)20(24,27-25)28-26-2;8-6-3-1-2-5(4-6)7(9)10/h5-6,11,14-15,19,25H,3-4,7-10,12H2,1-2H3;1-4H,(H2,9,10). The zero-order chi connectivity index (χ0) is 27.4. The molecule has 0 aromatic heterocycles. The summed E-state index contributed by atoms with van der Waals surface area (Å²) in [5.74, 6) is 0.280. The number of halogens is 1. The first kappa shape index (κ1) is 28.8. The summed E-state index contributed by atoms with van der Waals surface area (Å²) < 4.78 is 22.4. The molecule has 2 amide bonds. The average Bonchev–Trinajstić information content (AvgIpc) is 3.75. The summed E-state index contributed by atoms with van der Waals surface area (Å²) >= 11 is 0.852. The van der Waals surface area contributed by atoms with E-state index in [1.165, 1.54) is 13.2 Å². The van der Waals surface area contributed by atoms with Gasteiger partial charge in [0.15, 0.2) is 0 Å². The van der Waals surface area contributed by atoms with Gasteiger partial charge in [-0.05, 0) is 18.2 Å². The Labute approximate surface area is 229 Å². The Kier molecular flexibility index (Phi) is 9.36. The van der Waals surface area contributed by atoms with Crippen molar-refractivity contribution in [3.8, 4) is 0 Å². The average molecular weight is 610 g/mol. The van der Waals surface area contributed by atoms with E-state index in [2.05, 4.69) is 13.7 Å². The molecular formula is C26H33AsClN3O7. The first-order chi connectivity index (χ1) is 18.2. The third-order valence-electron chi connectivity index (χ3n) is 7.28. The maximum atomic E-state index is 12.9. The van der Waals surface area contributed by atoms with Gasteiger partial charge in [-0.1, -0.05) is 17.7 Å². The molecule has 6 rings (SSSR count). The van der Waals surface area contributed by atoms with Crippen LogP contribution in [-0.4, -0.2) is 68.9 Å². The Balaban J connectivity index is 0.000000283. The van der Waals surface area contributed by atoms with Gasteiger partial charge in [-0.15, -0.1) is 0 Å². The van der Waals surface area contributed by atoms with Crippen LogP contribution >= 0.6 is 11.6 Å². The number of amides is 2. The molecule has 3 N–H and O–H groups in total. The molecule has 10 nitrogen and oxygen atoms in total. The van der Waals surface area contributed by atoms with Gasteiger partial charge in [-0.2, -0.15) is 0 Å². The predicted octanol–water partition coefficient (Wildman–Crippen LogP) is 3.09. The molecule has 38 heavy (non-hydrogen) atoms. The molecule has 1 saturated carbocycles. The molecule has 4 fully saturated rings. The van der Waals surface area contributed by atoms with Crippen molar-refractivity contribution in [2.24, 2.45) is 11.7 Å². The number of fused-ring (bicyclic) bond motifs is 3. The maximum Gasteiger partial charge on any atom is 0.248 e. The maximum absolute atomic E-state index is 12.9. The van der Waals surface area contributed by atoms with Gasteiger partial charge < -0.3 is 5.73 Å². The van der Waals surface area contributed by atoms with Crippen molar-refractivity contribution in [2.75, 3.05) is 31.6 Å². The number of carbonyl (C=O) groups excluding carboxylic acids is 2. The molecule has 2 bridgehead atoms. The Morgan fingerprint density at radius 3 is 2.32 bits per heavy atom. The number of benzene rings is 2. The predicted molar refractivity (Wildman–Crippen MR) is 142 cm³/mol. The number of rotatable bonds is 8. The van der Waals surface area contributed by atoms with Crippen LogP contribution in [0.15, 0.2) is 42.5 Å². The number of hydrogen-bond acceptors (Lipinski definition) is 8. The number of nitrogens with two attached hydrogens (primary N) is 1. The molecule has 3 saturated heterocycles. The minimum absolute atomic E-state index is 0.00772. The number of piperidine rings is 3. The van der Waals surface area contributed by atoms with Crippen LogP contribution in [0.1, 0.15) is 54.4 Å². The van der Waals surface area contributed by atoms with E-state index in [-0.39, 0.29) is 17.9 Å². The van der Waals surface area contributed by atoms with Gasteiger partial charge in [-0.3, -0.25) is 4.79 Å². The van der Waals surface area contributed by atoms with Crippen molar-refractivity contribution in [3.05, 3.63) is 58.6 Å². The third-order valence-corrected chi connectivity index (χ3v) is 10.8. The molecule has 0 radical (unpaired) electrons. The van der Waals surface area contributed by atoms with E-state index in [4.69, 9.17) is 21.2 Å². The topological polar surface area (TPSA) is 132 Å². The smallest absolute Gasteiger partial charge is 0.248 e. The van der Waals surface area contributed by atoms with E-state index in [9.17, 15) is 18.6 Å². The van der Waals surface area contributed by atoms with Crippen LogP contribution in [0.4, 0.5) is 5.69 Å². The van der Waals surface area contributed by atoms with Crippen LogP contribution in [0.2, 0.25) is 5.02 Å². The number of nitrogens with zero attached hydrogens (tertiary/aromatic N) is 2. The van der Waals surface area contributed by atoms with E-state index in [0.717, 1.165) is 56.6 Å². The SMILES string of the molecule is COO[As](=O)(OO)c1ccc(N(C(C)=O)C2CN3CCC2CC3)cc1C1CC1.NC(=O)c1cccc(Cl)c1. The van der Waals surface area contributed by atoms with Crippen LogP contribution < -0.4 is 15.0 Å². The summed E-state index contributed by atoms with van der Waals surface area (Å²) in [6, 6.07) is 12.0. The number of primary amides is 1. The number of carbonyl (C=O) groups is 2. The minimum Gasteiger partial charge on any atom is -0.366 e. The van der Waals surface area contributed by atoms with E-state index >= 15 is 0 Å². The molecule has 3 heterocycles. The molecule has 4 aliphatic rings. The first-order valence-corrected chi connectivity index (χ1v) is 16.2. The van der Waals surface area contributed by atoms with Crippen molar-refractivity contribution in [1.29, 1.82) is 0 Å². The molecule has 3 aliphatic heterocycles. The van der Waals surface area contributed by atoms with Crippen molar-refractivity contribution in [2.45, 2.75) is 44.6 Å². The summed E-state index contributed by atoms with van der Waals surface area (Å²) in [5, 5.41) is 9.75. The van der Waals surface area contributed by atoms with Crippen molar-refractivity contribution in [3.63, 3.8) is 0 Å². The summed E-state index contributed by atoms with van der Waals surface area (Å²) in [6.07, 6.45) is 4.15. The fraction of sp³-hybridized carbons (Fsp3) is 0.462. The van der Waals surface area contributed by atoms with Gasteiger partial charge in [0, 0.05) is 10.6 Å². The van der Waals surface area contributed by atoms with E-state index < -0.39 is 20.1 Å².